The Bertz CT molecular complexity index is 146. The van der Waals surface area contributed by atoms with Gasteiger partial charge in [-0.05, 0) is 32.2 Å². The summed E-state index contributed by atoms with van der Waals surface area (Å²) in [5.41, 5.74) is 0.389. The molecule has 0 saturated heterocycles. The van der Waals surface area contributed by atoms with Gasteiger partial charge in [-0.15, -0.1) is 0 Å². The van der Waals surface area contributed by atoms with Crippen molar-refractivity contribution in [1.82, 2.24) is 5.32 Å². The lowest BCUT2D eigenvalue weighted by molar-refractivity contribution is 0.0302. The molecule has 0 amide bonds. The van der Waals surface area contributed by atoms with Crippen LogP contribution in [0.1, 0.15) is 39.0 Å². The number of hydrogen-bond donors (Lipinski definition) is 1. The molecule has 0 bridgehead atoms. The SMILES string of the molecule is CCC(CNC)(COC)C1CCCC1. The zero-order valence-corrected chi connectivity index (χ0v) is 9.94. The van der Waals surface area contributed by atoms with E-state index in [1.54, 1.807) is 0 Å². The third-order valence-electron chi connectivity index (χ3n) is 3.89. The molecular formula is C12H25NO. The first-order valence-electron chi connectivity index (χ1n) is 5.92. The average Bonchev–Trinajstić information content (AvgIpc) is 2.70. The summed E-state index contributed by atoms with van der Waals surface area (Å²) in [6.45, 7) is 4.31. The molecule has 1 N–H and O–H groups in total. The summed E-state index contributed by atoms with van der Waals surface area (Å²) < 4.78 is 5.42. The number of hydrogen-bond acceptors (Lipinski definition) is 2. The lowest BCUT2D eigenvalue weighted by Crippen LogP contribution is -2.41. The van der Waals surface area contributed by atoms with Crippen molar-refractivity contribution in [2.45, 2.75) is 39.0 Å². The molecule has 1 rings (SSSR count). The molecule has 2 heteroatoms. The molecule has 2 nitrogen and oxygen atoms in total. The van der Waals surface area contributed by atoms with Gasteiger partial charge in [-0.1, -0.05) is 19.8 Å². The van der Waals surface area contributed by atoms with E-state index >= 15 is 0 Å². The van der Waals surface area contributed by atoms with Gasteiger partial charge in [0.15, 0.2) is 0 Å². The largest absolute Gasteiger partial charge is 0.384 e. The Morgan fingerprint density at radius 3 is 2.43 bits per heavy atom. The van der Waals surface area contributed by atoms with Gasteiger partial charge in [-0.2, -0.15) is 0 Å². The highest BCUT2D eigenvalue weighted by Crippen LogP contribution is 2.42. The van der Waals surface area contributed by atoms with E-state index in [2.05, 4.69) is 19.3 Å². The van der Waals surface area contributed by atoms with Gasteiger partial charge in [0.1, 0.15) is 0 Å². The number of rotatable bonds is 6. The van der Waals surface area contributed by atoms with Gasteiger partial charge in [0.25, 0.3) is 0 Å². The fourth-order valence-electron chi connectivity index (χ4n) is 3.01. The fourth-order valence-corrected chi connectivity index (χ4v) is 3.01. The first-order chi connectivity index (χ1) is 6.79. The van der Waals surface area contributed by atoms with E-state index in [1.165, 1.54) is 32.1 Å². The Labute approximate surface area is 88.4 Å². The van der Waals surface area contributed by atoms with Crippen LogP contribution < -0.4 is 5.32 Å². The monoisotopic (exact) mass is 199 g/mol. The van der Waals surface area contributed by atoms with E-state index in [0.717, 1.165) is 19.1 Å². The van der Waals surface area contributed by atoms with Crippen LogP contribution in [-0.2, 0) is 4.74 Å². The zero-order valence-electron chi connectivity index (χ0n) is 9.94. The van der Waals surface area contributed by atoms with Crippen molar-refractivity contribution in [3.63, 3.8) is 0 Å². The summed E-state index contributed by atoms with van der Waals surface area (Å²) in [6, 6.07) is 0. The standard InChI is InChI=1S/C12H25NO/c1-4-12(9-13-2,10-14-3)11-7-5-6-8-11/h11,13H,4-10H2,1-3H3. The van der Waals surface area contributed by atoms with Crippen LogP contribution in [0.25, 0.3) is 0 Å². The molecule has 1 aliphatic rings. The van der Waals surface area contributed by atoms with Gasteiger partial charge in [0, 0.05) is 19.1 Å². The maximum Gasteiger partial charge on any atom is 0.0533 e. The van der Waals surface area contributed by atoms with Crippen LogP contribution in [-0.4, -0.2) is 27.3 Å². The molecule has 0 aromatic heterocycles. The lowest BCUT2D eigenvalue weighted by atomic mass is 9.72. The fraction of sp³-hybridized carbons (Fsp3) is 1.00. The van der Waals surface area contributed by atoms with Crippen LogP contribution in [0.15, 0.2) is 0 Å². The Hall–Kier alpha value is -0.0800. The smallest absolute Gasteiger partial charge is 0.0533 e. The Balaban J connectivity index is 2.64. The molecule has 0 heterocycles. The molecule has 0 radical (unpaired) electrons. The number of methoxy groups -OCH3 is 1. The number of nitrogens with one attached hydrogen (secondary N) is 1. The molecule has 1 atom stereocenters. The summed E-state index contributed by atoms with van der Waals surface area (Å²) in [5, 5.41) is 3.34. The third-order valence-corrected chi connectivity index (χ3v) is 3.89. The summed E-state index contributed by atoms with van der Waals surface area (Å²) in [4.78, 5) is 0. The van der Waals surface area contributed by atoms with Crippen LogP contribution >= 0.6 is 0 Å². The Kier molecular flexibility index (Phi) is 4.90. The molecular weight excluding hydrogens is 174 g/mol. The van der Waals surface area contributed by atoms with Crippen molar-refractivity contribution in [1.29, 1.82) is 0 Å². The molecule has 14 heavy (non-hydrogen) atoms. The molecule has 1 saturated carbocycles. The van der Waals surface area contributed by atoms with E-state index in [4.69, 9.17) is 4.74 Å². The molecule has 1 fully saturated rings. The second-order valence-electron chi connectivity index (χ2n) is 4.66. The van der Waals surface area contributed by atoms with E-state index in [0.29, 0.717) is 5.41 Å². The summed E-state index contributed by atoms with van der Waals surface area (Å²) in [6.07, 6.45) is 6.86. The summed E-state index contributed by atoms with van der Waals surface area (Å²) >= 11 is 0. The van der Waals surface area contributed by atoms with Crippen LogP contribution in [0.2, 0.25) is 0 Å². The minimum Gasteiger partial charge on any atom is -0.384 e. The third kappa shape index (κ3) is 2.48. The summed E-state index contributed by atoms with van der Waals surface area (Å²) in [7, 11) is 3.88. The van der Waals surface area contributed by atoms with Gasteiger partial charge in [-0.25, -0.2) is 0 Å². The van der Waals surface area contributed by atoms with Crippen molar-refractivity contribution in [2.75, 3.05) is 27.3 Å². The van der Waals surface area contributed by atoms with Crippen LogP contribution in [0.3, 0.4) is 0 Å². The van der Waals surface area contributed by atoms with Crippen LogP contribution in [0, 0.1) is 11.3 Å². The van der Waals surface area contributed by atoms with Crippen molar-refractivity contribution >= 4 is 0 Å². The van der Waals surface area contributed by atoms with E-state index in [-0.39, 0.29) is 0 Å². The van der Waals surface area contributed by atoms with Gasteiger partial charge in [0.05, 0.1) is 6.61 Å². The highest BCUT2D eigenvalue weighted by Gasteiger charge is 2.38. The van der Waals surface area contributed by atoms with Crippen molar-refractivity contribution < 1.29 is 4.74 Å². The minimum absolute atomic E-state index is 0.389. The minimum atomic E-state index is 0.389. The maximum absolute atomic E-state index is 5.42. The zero-order chi connectivity index (χ0) is 10.4. The highest BCUT2D eigenvalue weighted by atomic mass is 16.5. The molecule has 0 spiro atoms. The highest BCUT2D eigenvalue weighted by molar-refractivity contribution is 4.89. The predicted molar refractivity (Wildman–Crippen MR) is 60.5 cm³/mol. The predicted octanol–water partition coefficient (Wildman–Crippen LogP) is 2.44. The van der Waals surface area contributed by atoms with Gasteiger partial charge >= 0.3 is 0 Å². The number of ether oxygens (including phenoxy) is 1. The second-order valence-corrected chi connectivity index (χ2v) is 4.66. The van der Waals surface area contributed by atoms with E-state index in [1.807, 2.05) is 7.11 Å². The maximum atomic E-state index is 5.42. The molecule has 1 unspecified atom stereocenters. The van der Waals surface area contributed by atoms with Crippen molar-refractivity contribution in [3.05, 3.63) is 0 Å². The summed E-state index contributed by atoms with van der Waals surface area (Å²) in [5.74, 6) is 0.875. The van der Waals surface area contributed by atoms with E-state index in [9.17, 15) is 0 Å². The average molecular weight is 199 g/mol. The molecule has 84 valence electrons. The lowest BCUT2D eigenvalue weighted by Gasteiger charge is -2.38. The van der Waals surface area contributed by atoms with Crippen LogP contribution in [0.5, 0.6) is 0 Å². The Morgan fingerprint density at radius 1 is 1.36 bits per heavy atom. The first kappa shape index (κ1) is 12.0. The molecule has 1 aliphatic carbocycles. The van der Waals surface area contributed by atoms with Crippen LogP contribution in [0.4, 0.5) is 0 Å². The normalized spacial score (nSPS) is 22.5. The van der Waals surface area contributed by atoms with Gasteiger partial charge < -0.3 is 10.1 Å². The van der Waals surface area contributed by atoms with Gasteiger partial charge in [-0.3, -0.25) is 0 Å². The Morgan fingerprint density at radius 2 is 2.00 bits per heavy atom. The molecule has 0 aromatic rings. The van der Waals surface area contributed by atoms with Crippen molar-refractivity contribution in [2.24, 2.45) is 11.3 Å². The quantitative estimate of drug-likeness (QED) is 0.709. The second kappa shape index (κ2) is 5.72. The molecule has 0 aromatic carbocycles. The topological polar surface area (TPSA) is 21.3 Å². The first-order valence-corrected chi connectivity index (χ1v) is 5.92. The van der Waals surface area contributed by atoms with E-state index < -0.39 is 0 Å². The van der Waals surface area contributed by atoms with Crippen molar-refractivity contribution in [3.8, 4) is 0 Å². The molecule has 0 aliphatic heterocycles. The van der Waals surface area contributed by atoms with Gasteiger partial charge in [0.2, 0.25) is 0 Å².